The molecule has 2 N–H and O–H groups in total. The van der Waals surface area contributed by atoms with Gasteiger partial charge in [0, 0.05) is 19.1 Å². The second kappa shape index (κ2) is 8.48. The summed E-state index contributed by atoms with van der Waals surface area (Å²) < 4.78 is 10.9. The summed E-state index contributed by atoms with van der Waals surface area (Å²) in [4.78, 5) is 24.2. The van der Waals surface area contributed by atoms with Gasteiger partial charge >= 0.3 is 12.1 Å². The van der Waals surface area contributed by atoms with E-state index in [0.717, 1.165) is 35.1 Å². The first-order chi connectivity index (χ1) is 14.5. The lowest BCUT2D eigenvalue weighted by atomic mass is 9.77. The van der Waals surface area contributed by atoms with Gasteiger partial charge in [0.15, 0.2) is 0 Å². The molecule has 1 aliphatic carbocycles. The van der Waals surface area contributed by atoms with Gasteiger partial charge in [0.05, 0.1) is 0 Å². The number of carbonyl (C=O) groups excluding carboxylic acids is 1. The van der Waals surface area contributed by atoms with Crippen LogP contribution in [0.25, 0.3) is 11.1 Å². The zero-order valence-electron chi connectivity index (χ0n) is 17.1. The number of alkyl carbamates (subject to hydrolysis) is 1. The van der Waals surface area contributed by atoms with E-state index in [0.29, 0.717) is 19.6 Å². The van der Waals surface area contributed by atoms with E-state index in [2.05, 4.69) is 17.4 Å². The number of nitrogens with one attached hydrogen (secondary N) is 1. The quantitative estimate of drug-likeness (QED) is 0.747. The summed E-state index contributed by atoms with van der Waals surface area (Å²) in [6.45, 7) is 3.45. The van der Waals surface area contributed by atoms with Crippen molar-refractivity contribution < 1.29 is 24.2 Å². The van der Waals surface area contributed by atoms with E-state index in [9.17, 15) is 14.7 Å². The third-order valence-electron chi connectivity index (χ3n) is 6.33. The Morgan fingerprint density at radius 2 is 1.67 bits per heavy atom. The van der Waals surface area contributed by atoms with Crippen molar-refractivity contribution in [3.8, 4) is 11.1 Å². The summed E-state index contributed by atoms with van der Waals surface area (Å²) in [5.74, 6) is -1.10. The standard InChI is InChI=1S/C24H27NO5/c1-24(10-12-29-13-11-24)14-21(22(26)27)25-23(28)30-15-20-18-8-4-2-6-16(18)17-7-3-5-9-19(17)20/h2-9,20-21H,10-15H2,1H3,(H,25,28)(H,26,27)/t21-/m1/s1. The molecule has 1 aliphatic heterocycles. The van der Waals surface area contributed by atoms with Gasteiger partial charge in [-0.25, -0.2) is 9.59 Å². The number of benzene rings is 2. The first kappa shape index (κ1) is 20.4. The normalized spacial score (nSPS) is 18.2. The van der Waals surface area contributed by atoms with Crippen LogP contribution in [0.5, 0.6) is 0 Å². The van der Waals surface area contributed by atoms with Gasteiger partial charge in [-0.1, -0.05) is 55.5 Å². The molecule has 6 nitrogen and oxygen atoms in total. The van der Waals surface area contributed by atoms with Gasteiger partial charge in [-0.15, -0.1) is 0 Å². The maximum atomic E-state index is 12.5. The molecule has 2 aromatic carbocycles. The van der Waals surface area contributed by atoms with Crippen molar-refractivity contribution in [1.82, 2.24) is 5.32 Å². The Hall–Kier alpha value is -2.86. The molecule has 158 valence electrons. The van der Waals surface area contributed by atoms with Gasteiger partial charge in [-0.05, 0) is 46.9 Å². The molecule has 1 amide bonds. The predicted molar refractivity (Wildman–Crippen MR) is 112 cm³/mol. The highest BCUT2D eigenvalue weighted by Gasteiger charge is 2.35. The Bertz CT molecular complexity index is 889. The van der Waals surface area contributed by atoms with Crippen molar-refractivity contribution >= 4 is 12.1 Å². The Morgan fingerprint density at radius 3 is 2.23 bits per heavy atom. The van der Waals surface area contributed by atoms with Crippen LogP contribution in [0.3, 0.4) is 0 Å². The molecule has 2 aliphatic rings. The molecule has 0 spiro atoms. The van der Waals surface area contributed by atoms with E-state index in [1.807, 2.05) is 43.3 Å². The van der Waals surface area contributed by atoms with Crippen LogP contribution >= 0.6 is 0 Å². The van der Waals surface area contributed by atoms with Crippen molar-refractivity contribution in [3.05, 3.63) is 59.7 Å². The third kappa shape index (κ3) is 4.19. The van der Waals surface area contributed by atoms with Crippen LogP contribution in [0.1, 0.15) is 43.2 Å². The molecule has 0 unspecified atom stereocenters. The van der Waals surface area contributed by atoms with Gasteiger partial charge < -0.3 is 19.9 Å². The molecule has 4 rings (SSSR count). The molecule has 2 aromatic rings. The summed E-state index contributed by atoms with van der Waals surface area (Å²) >= 11 is 0. The number of carbonyl (C=O) groups is 2. The highest BCUT2D eigenvalue weighted by atomic mass is 16.5. The van der Waals surface area contributed by atoms with Crippen LogP contribution in [-0.2, 0) is 14.3 Å². The van der Waals surface area contributed by atoms with Crippen LogP contribution in [0.4, 0.5) is 4.79 Å². The average Bonchev–Trinajstić information content (AvgIpc) is 3.06. The van der Waals surface area contributed by atoms with E-state index in [4.69, 9.17) is 9.47 Å². The molecule has 0 bridgehead atoms. The lowest BCUT2D eigenvalue weighted by Gasteiger charge is -2.35. The maximum Gasteiger partial charge on any atom is 0.407 e. The zero-order chi connectivity index (χ0) is 21.1. The van der Waals surface area contributed by atoms with E-state index >= 15 is 0 Å². The topological polar surface area (TPSA) is 84.9 Å². The predicted octanol–water partition coefficient (Wildman–Crippen LogP) is 4.19. The molecule has 0 saturated carbocycles. The van der Waals surface area contributed by atoms with Gasteiger partial charge in [0.1, 0.15) is 12.6 Å². The summed E-state index contributed by atoms with van der Waals surface area (Å²) in [5.41, 5.74) is 4.38. The van der Waals surface area contributed by atoms with Crippen LogP contribution < -0.4 is 5.32 Å². The summed E-state index contributed by atoms with van der Waals surface area (Å²) in [6.07, 6.45) is 1.22. The van der Waals surface area contributed by atoms with E-state index in [1.165, 1.54) is 0 Å². The molecule has 1 saturated heterocycles. The number of carboxylic acid groups (broad SMARTS) is 1. The van der Waals surface area contributed by atoms with Gasteiger partial charge in [0.25, 0.3) is 0 Å². The number of rotatable bonds is 6. The van der Waals surface area contributed by atoms with Crippen molar-refractivity contribution in [2.45, 2.75) is 38.1 Å². The number of hydrogen-bond acceptors (Lipinski definition) is 4. The number of hydrogen-bond donors (Lipinski definition) is 2. The highest BCUT2D eigenvalue weighted by Crippen LogP contribution is 2.44. The molecule has 1 heterocycles. The number of fused-ring (bicyclic) bond motifs is 3. The Kier molecular flexibility index (Phi) is 5.77. The van der Waals surface area contributed by atoms with E-state index < -0.39 is 18.1 Å². The molecular weight excluding hydrogens is 382 g/mol. The Morgan fingerprint density at radius 1 is 1.10 bits per heavy atom. The van der Waals surface area contributed by atoms with Crippen LogP contribution in [0, 0.1) is 5.41 Å². The molecule has 30 heavy (non-hydrogen) atoms. The summed E-state index contributed by atoms with van der Waals surface area (Å²) in [6, 6.07) is 15.2. The Balaban J connectivity index is 1.41. The summed E-state index contributed by atoms with van der Waals surface area (Å²) in [5, 5.41) is 12.2. The van der Waals surface area contributed by atoms with E-state index in [1.54, 1.807) is 0 Å². The number of aliphatic carboxylic acids is 1. The molecule has 6 heteroatoms. The maximum absolute atomic E-state index is 12.5. The van der Waals surface area contributed by atoms with Crippen LogP contribution in [0.15, 0.2) is 48.5 Å². The third-order valence-corrected chi connectivity index (χ3v) is 6.33. The second-order valence-corrected chi connectivity index (χ2v) is 8.49. The SMILES string of the molecule is CC1(C[C@@H](NC(=O)OCC2c3ccccc3-c3ccccc32)C(=O)O)CCOCC1. The zero-order valence-corrected chi connectivity index (χ0v) is 17.1. The van der Waals surface area contributed by atoms with E-state index in [-0.39, 0.29) is 17.9 Å². The lowest BCUT2D eigenvalue weighted by Crippen LogP contribution is -2.45. The molecular formula is C24H27NO5. The smallest absolute Gasteiger partial charge is 0.407 e. The van der Waals surface area contributed by atoms with Crippen LogP contribution in [0.2, 0.25) is 0 Å². The minimum Gasteiger partial charge on any atom is -0.480 e. The first-order valence-corrected chi connectivity index (χ1v) is 10.4. The number of carboxylic acids is 1. The second-order valence-electron chi connectivity index (χ2n) is 8.49. The summed E-state index contributed by atoms with van der Waals surface area (Å²) in [7, 11) is 0. The van der Waals surface area contributed by atoms with Gasteiger partial charge in [-0.2, -0.15) is 0 Å². The van der Waals surface area contributed by atoms with Crippen molar-refractivity contribution in [3.63, 3.8) is 0 Å². The largest absolute Gasteiger partial charge is 0.480 e. The fourth-order valence-corrected chi connectivity index (χ4v) is 4.54. The van der Waals surface area contributed by atoms with Crippen LogP contribution in [-0.4, -0.2) is 43.0 Å². The molecule has 0 radical (unpaired) electrons. The highest BCUT2D eigenvalue weighted by molar-refractivity contribution is 5.81. The van der Waals surface area contributed by atoms with Crippen molar-refractivity contribution in [2.24, 2.45) is 5.41 Å². The number of amides is 1. The fraction of sp³-hybridized carbons (Fsp3) is 0.417. The Labute approximate surface area is 176 Å². The molecule has 1 fully saturated rings. The lowest BCUT2D eigenvalue weighted by molar-refractivity contribution is -0.140. The minimum atomic E-state index is -1.05. The van der Waals surface area contributed by atoms with Crippen molar-refractivity contribution in [1.29, 1.82) is 0 Å². The molecule has 0 aromatic heterocycles. The minimum absolute atomic E-state index is 0.0561. The van der Waals surface area contributed by atoms with Gasteiger partial charge in [-0.3, -0.25) is 0 Å². The first-order valence-electron chi connectivity index (χ1n) is 10.4. The molecule has 1 atom stereocenters. The fourth-order valence-electron chi connectivity index (χ4n) is 4.54. The van der Waals surface area contributed by atoms with Gasteiger partial charge in [0.2, 0.25) is 0 Å². The monoisotopic (exact) mass is 409 g/mol. The number of ether oxygens (including phenoxy) is 2. The average molecular weight is 409 g/mol. The van der Waals surface area contributed by atoms with Crippen molar-refractivity contribution in [2.75, 3.05) is 19.8 Å².